The van der Waals surface area contributed by atoms with E-state index in [0.29, 0.717) is 75.5 Å². The van der Waals surface area contributed by atoms with Crippen LogP contribution in [0.15, 0.2) is 95.2 Å². The first kappa shape index (κ1) is 54.7. The Morgan fingerprint density at radius 1 is 1.06 bits per heavy atom. The molecule has 70 heavy (non-hydrogen) atoms. The Balaban J connectivity index is 1.23. The van der Waals surface area contributed by atoms with Gasteiger partial charge in [-0.05, 0) is 176 Å². The molecule has 4 fully saturated rings. The third kappa shape index (κ3) is 10.4. The lowest BCUT2D eigenvalue weighted by molar-refractivity contribution is -0.256. The van der Waals surface area contributed by atoms with E-state index in [4.69, 9.17) is 16.1 Å². The molecular weight excluding hydrogens is 879 g/mol. The van der Waals surface area contributed by atoms with E-state index in [1.165, 1.54) is 42.4 Å². The van der Waals surface area contributed by atoms with Gasteiger partial charge < -0.3 is 51.0 Å². The van der Waals surface area contributed by atoms with Crippen molar-refractivity contribution in [2.75, 3.05) is 73.9 Å². The second kappa shape index (κ2) is 23.9. The van der Waals surface area contributed by atoms with Gasteiger partial charge in [0.2, 0.25) is 0 Å². The molecule has 11 heteroatoms. The van der Waals surface area contributed by atoms with E-state index in [1.54, 1.807) is 0 Å². The van der Waals surface area contributed by atoms with Crippen LogP contribution in [0.5, 0.6) is 0 Å². The number of aliphatic hydroxyl groups is 5. The summed E-state index contributed by atoms with van der Waals surface area (Å²) in [4.78, 5) is 12.8. The molecule has 0 amide bonds. The van der Waals surface area contributed by atoms with Gasteiger partial charge in [-0.25, -0.2) is 0 Å². The van der Waals surface area contributed by atoms with Crippen molar-refractivity contribution in [3.8, 4) is 0 Å². The predicted molar refractivity (Wildman–Crippen MR) is 279 cm³/mol. The van der Waals surface area contributed by atoms with Gasteiger partial charge in [0.25, 0.3) is 0 Å². The summed E-state index contributed by atoms with van der Waals surface area (Å²) in [6.45, 7) is 11.5. The smallest absolute Gasteiger partial charge is 0.145 e. The van der Waals surface area contributed by atoms with Crippen LogP contribution in [0.4, 0.5) is 0 Å². The number of hydrogen-bond donors (Lipinski definition) is 8. The van der Waals surface area contributed by atoms with Crippen LogP contribution in [0.1, 0.15) is 108 Å². The Morgan fingerprint density at radius 3 is 2.59 bits per heavy atom. The summed E-state index contributed by atoms with van der Waals surface area (Å²) in [5, 5.41) is 68.4. The maximum absolute atomic E-state index is 13.5. The fourth-order valence-electron chi connectivity index (χ4n) is 15.6. The predicted octanol–water partition coefficient (Wildman–Crippen LogP) is 6.89. The van der Waals surface area contributed by atoms with Gasteiger partial charge in [0.15, 0.2) is 0 Å². The highest BCUT2D eigenvalue weighted by molar-refractivity contribution is 5.75. The quantitative estimate of drug-likeness (QED) is 0.0279. The van der Waals surface area contributed by atoms with E-state index in [-0.39, 0.29) is 43.1 Å². The average Bonchev–Trinajstić information content (AvgIpc) is 3.57. The summed E-state index contributed by atoms with van der Waals surface area (Å²) < 4.78 is 12.0. The molecule has 6 aliphatic rings. The number of aliphatic hydroxyl groups excluding tert-OH is 4. The topological polar surface area (TPSA) is 173 Å². The fourth-order valence-corrected chi connectivity index (χ4v) is 15.6. The molecule has 1 aliphatic heterocycles. The molecule has 8 N–H and O–H groups in total. The largest absolute Gasteiger partial charge is 0.396 e. The van der Waals surface area contributed by atoms with Gasteiger partial charge in [-0.3, -0.25) is 4.79 Å². The summed E-state index contributed by atoms with van der Waals surface area (Å²) in [6, 6.07) is 9.19. The zero-order valence-corrected chi connectivity index (χ0v) is 43.3. The Labute approximate surface area is 420 Å². The Morgan fingerprint density at radius 2 is 1.84 bits per heavy atom. The number of carbonyl (C=O) groups excluding carboxylic acids is 1. The van der Waals surface area contributed by atoms with Crippen LogP contribution in [-0.2, 0) is 27.1 Å². The summed E-state index contributed by atoms with van der Waals surface area (Å²) in [5.41, 5.74) is 3.58. The van der Waals surface area contributed by atoms with E-state index in [2.05, 4.69) is 84.6 Å². The molecule has 1 aromatic carbocycles. The van der Waals surface area contributed by atoms with Crippen molar-refractivity contribution in [3.63, 3.8) is 0 Å². The molecule has 0 saturated heterocycles. The summed E-state index contributed by atoms with van der Waals surface area (Å²) in [5.74, 6) is 0.933. The lowest BCUT2D eigenvalue weighted by atomic mass is 9.34. The van der Waals surface area contributed by atoms with Crippen molar-refractivity contribution in [2.45, 2.75) is 134 Å². The third-order valence-corrected chi connectivity index (χ3v) is 18.8. The van der Waals surface area contributed by atoms with Crippen molar-refractivity contribution in [2.24, 2.45) is 45.8 Å². The van der Waals surface area contributed by atoms with Crippen molar-refractivity contribution in [1.82, 2.24) is 16.0 Å². The Kier molecular flexibility index (Phi) is 18.6. The fraction of sp³-hybridized carbons (Fsp3) is 0.678. The lowest BCUT2D eigenvalue weighted by Crippen LogP contribution is -2.73. The second-order valence-corrected chi connectivity index (χ2v) is 22.5. The first-order valence-corrected chi connectivity index (χ1v) is 26.8. The van der Waals surface area contributed by atoms with Gasteiger partial charge in [-0.15, -0.1) is 0 Å². The number of fused-ring (bicyclic) bond motifs is 4. The molecule has 1 heterocycles. The molecule has 2 spiro atoms. The molecule has 5 aliphatic carbocycles. The van der Waals surface area contributed by atoms with Gasteiger partial charge >= 0.3 is 0 Å². The first-order valence-electron chi connectivity index (χ1n) is 26.8. The SMILES string of the molecule is C=C(C=CC=C(COCC(O)CO)C12CCC34C(=C(C)C=O)C(C=CC3CCO)CC(O)(CCNC)C4(CC1)C2O)C1CC=C(C)CNC(CCOC)(C2CCCCC2CNC)Cc2cccc(c2)C1. The zero-order valence-electron chi connectivity index (χ0n) is 43.3. The van der Waals surface area contributed by atoms with Crippen LogP contribution in [0.25, 0.3) is 0 Å². The van der Waals surface area contributed by atoms with Crippen LogP contribution in [0, 0.1) is 45.8 Å². The number of methoxy groups -OCH3 is 1. The molecule has 6 bridgehead atoms. The normalized spacial score (nSPS) is 36.7. The van der Waals surface area contributed by atoms with Crippen LogP contribution in [0.2, 0.25) is 0 Å². The number of ether oxygens (including phenoxy) is 2. The van der Waals surface area contributed by atoms with E-state index < -0.39 is 40.7 Å². The van der Waals surface area contributed by atoms with E-state index in [0.717, 1.165) is 61.8 Å². The second-order valence-electron chi connectivity index (χ2n) is 22.5. The van der Waals surface area contributed by atoms with Gasteiger partial charge in [0, 0.05) is 54.6 Å². The molecule has 1 aromatic rings. The summed E-state index contributed by atoms with van der Waals surface area (Å²) >= 11 is 0. The molecule has 7 rings (SSSR count). The van der Waals surface area contributed by atoms with Crippen LogP contribution in [0.3, 0.4) is 0 Å². The number of benzene rings is 1. The maximum atomic E-state index is 13.5. The van der Waals surface area contributed by atoms with Crippen LogP contribution < -0.4 is 16.0 Å². The van der Waals surface area contributed by atoms with E-state index in [1.807, 2.05) is 27.2 Å². The number of aldehydes is 1. The third-order valence-electron chi connectivity index (χ3n) is 18.8. The number of allylic oxidation sites excluding steroid dienone is 9. The standard InChI is InChI=1S/C59H89N3O8/c1-41-17-18-46(32-44-12-10-13-45(31-44)33-56(62-35-41,27-30-69-6)52-16-8-7-14-48(52)36-61-5)42(2)11-9-15-50(39-70-40-51(66)38-65)55-22-24-58-49(21-29-63)20-19-47(53(58)43(3)37-64)34-57(68,26-28-60-4)59(58,25-23-55)54(55)67/h9-13,15,17,19-20,31,37,46-49,51-52,54,60-63,65-68H,2,7-8,14,16,18,21-30,32-36,38-40H2,1,3-6H3. The number of nitrogens with one attached hydrogen (secondary N) is 3. The number of hydrogen-bond acceptors (Lipinski definition) is 11. The maximum Gasteiger partial charge on any atom is 0.145 e. The minimum Gasteiger partial charge on any atom is -0.396 e. The molecule has 12 atom stereocenters. The van der Waals surface area contributed by atoms with E-state index in [9.17, 15) is 30.3 Å². The molecule has 388 valence electrons. The minimum absolute atomic E-state index is 0.0474. The van der Waals surface area contributed by atoms with Gasteiger partial charge in [0.1, 0.15) is 12.4 Å². The molecule has 0 aromatic heterocycles. The van der Waals surface area contributed by atoms with Gasteiger partial charge in [0.05, 0.1) is 31.5 Å². The van der Waals surface area contributed by atoms with Crippen molar-refractivity contribution in [1.29, 1.82) is 0 Å². The Bertz CT molecular complexity index is 2110. The molecule has 4 saturated carbocycles. The average molecular weight is 968 g/mol. The first-order chi connectivity index (χ1) is 33.8. The minimum atomic E-state index is -1.28. The van der Waals surface area contributed by atoms with Gasteiger partial charge in [-0.2, -0.15) is 0 Å². The highest BCUT2D eigenvalue weighted by Crippen LogP contribution is 2.80. The van der Waals surface area contributed by atoms with E-state index >= 15 is 0 Å². The highest BCUT2D eigenvalue weighted by atomic mass is 16.5. The molecule has 0 radical (unpaired) electrons. The molecule has 11 nitrogen and oxygen atoms in total. The Hall–Kier alpha value is -3.07. The van der Waals surface area contributed by atoms with Crippen LogP contribution in [-0.4, -0.2) is 129 Å². The summed E-state index contributed by atoms with van der Waals surface area (Å²) in [6.07, 6.45) is 24.0. The lowest BCUT2D eigenvalue weighted by Gasteiger charge is -2.71. The number of rotatable bonds is 21. The van der Waals surface area contributed by atoms with Crippen molar-refractivity contribution < 1.29 is 39.8 Å². The van der Waals surface area contributed by atoms with Crippen molar-refractivity contribution in [3.05, 3.63) is 106 Å². The monoisotopic (exact) mass is 968 g/mol. The summed E-state index contributed by atoms with van der Waals surface area (Å²) in [7, 11) is 5.79. The van der Waals surface area contributed by atoms with Crippen molar-refractivity contribution >= 4 is 6.29 Å². The highest BCUT2D eigenvalue weighted by Gasteiger charge is 2.79. The molecule has 12 unspecified atom stereocenters. The van der Waals surface area contributed by atoms with Gasteiger partial charge in [-0.1, -0.05) is 91.3 Å². The zero-order chi connectivity index (χ0) is 50.2. The van der Waals surface area contributed by atoms with Crippen LogP contribution >= 0.6 is 0 Å². The molecular formula is C59H89N3O8. The number of carbonyl (C=O) groups is 1.